The van der Waals surface area contributed by atoms with E-state index >= 15 is 0 Å². The Hall–Kier alpha value is -2.17. The Bertz CT molecular complexity index is 689. The number of likely N-dealkylation sites (tertiary alicyclic amines) is 1. The standard InChI is InChI=1S/C20H22N2O2/c23-20(21-16-9-5-2-6-10-16)18-11-17-13-22(14-19(18)24-17)12-15-7-3-1-4-8-15/h1-10,17-19H,11-14H2,(H,21,23). The fraction of sp³-hybridized carbons (Fsp3) is 0.350. The fourth-order valence-corrected chi connectivity index (χ4v) is 3.74. The van der Waals surface area contributed by atoms with Crippen molar-refractivity contribution in [3.8, 4) is 0 Å². The minimum Gasteiger partial charge on any atom is -0.371 e. The van der Waals surface area contributed by atoms with Crippen molar-refractivity contribution >= 4 is 11.6 Å². The minimum atomic E-state index is -0.0593. The molecule has 0 aliphatic carbocycles. The van der Waals surface area contributed by atoms with E-state index in [-0.39, 0.29) is 24.0 Å². The van der Waals surface area contributed by atoms with E-state index < -0.39 is 0 Å². The number of rotatable bonds is 4. The lowest BCUT2D eigenvalue weighted by Crippen LogP contribution is -2.44. The zero-order valence-electron chi connectivity index (χ0n) is 13.6. The predicted octanol–water partition coefficient (Wildman–Crippen LogP) is 2.91. The van der Waals surface area contributed by atoms with Gasteiger partial charge >= 0.3 is 0 Å². The van der Waals surface area contributed by atoms with Gasteiger partial charge in [0.05, 0.1) is 18.1 Å². The number of anilines is 1. The van der Waals surface area contributed by atoms with Gasteiger partial charge in [0.1, 0.15) is 0 Å². The van der Waals surface area contributed by atoms with Crippen molar-refractivity contribution in [1.29, 1.82) is 0 Å². The molecule has 4 rings (SSSR count). The summed E-state index contributed by atoms with van der Waals surface area (Å²) >= 11 is 0. The molecule has 0 radical (unpaired) electrons. The van der Waals surface area contributed by atoms with Gasteiger partial charge in [-0.05, 0) is 24.1 Å². The molecule has 1 amide bonds. The Balaban J connectivity index is 1.39. The van der Waals surface area contributed by atoms with Gasteiger partial charge in [0.25, 0.3) is 0 Å². The largest absolute Gasteiger partial charge is 0.371 e. The first kappa shape index (κ1) is 15.4. The van der Waals surface area contributed by atoms with Crippen LogP contribution in [0.2, 0.25) is 0 Å². The summed E-state index contributed by atoms with van der Waals surface area (Å²) in [5.41, 5.74) is 2.16. The number of benzene rings is 2. The summed E-state index contributed by atoms with van der Waals surface area (Å²) in [6.45, 7) is 2.64. The van der Waals surface area contributed by atoms with E-state index in [1.165, 1.54) is 5.56 Å². The number of ether oxygens (including phenoxy) is 1. The molecule has 3 atom stereocenters. The number of amides is 1. The van der Waals surface area contributed by atoms with Gasteiger partial charge in [-0.25, -0.2) is 0 Å². The third-order valence-electron chi connectivity index (χ3n) is 4.86. The molecule has 4 heteroatoms. The molecule has 0 aromatic heterocycles. The molecule has 2 saturated heterocycles. The van der Waals surface area contributed by atoms with Crippen molar-refractivity contribution in [2.45, 2.75) is 25.2 Å². The third kappa shape index (κ3) is 3.35. The summed E-state index contributed by atoms with van der Waals surface area (Å²) in [7, 11) is 0. The quantitative estimate of drug-likeness (QED) is 0.941. The van der Waals surface area contributed by atoms with Gasteiger partial charge in [0.2, 0.25) is 5.91 Å². The summed E-state index contributed by atoms with van der Waals surface area (Å²) in [4.78, 5) is 15.0. The first-order chi connectivity index (χ1) is 11.8. The second kappa shape index (κ2) is 6.75. The van der Waals surface area contributed by atoms with Gasteiger partial charge < -0.3 is 10.1 Å². The minimum absolute atomic E-state index is 0.00354. The summed E-state index contributed by atoms with van der Waals surface area (Å²) < 4.78 is 6.03. The van der Waals surface area contributed by atoms with Crippen molar-refractivity contribution in [1.82, 2.24) is 4.90 Å². The molecular weight excluding hydrogens is 300 g/mol. The van der Waals surface area contributed by atoms with Crippen LogP contribution in [0.4, 0.5) is 5.69 Å². The lowest BCUT2D eigenvalue weighted by atomic mass is 9.99. The molecular formula is C20H22N2O2. The summed E-state index contributed by atoms with van der Waals surface area (Å²) in [5.74, 6) is 0.0197. The van der Waals surface area contributed by atoms with Crippen molar-refractivity contribution in [3.63, 3.8) is 0 Å². The Morgan fingerprint density at radius 2 is 1.75 bits per heavy atom. The normalized spacial score (nSPS) is 26.2. The van der Waals surface area contributed by atoms with Gasteiger partial charge in [0.15, 0.2) is 0 Å². The van der Waals surface area contributed by atoms with Crippen molar-refractivity contribution in [3.05, 3.63) is 66.2 Å². The van der Waals surface area contributed by atoms with E-state index in [0.29, 0.717) is 0 Å². The van der Waals surface area contributed by atoms with E-state index in [4.69, 9.17) is 4.74 Å². The highest BCUT2D eigenvalue weighted by atomic mass is 16.5. The molecule has 2 fully saturated rings. The van der Waals surface area contributed by atoms with Gasteiger partial charge in [-0.2, -0.15) is 0 Å². The number of carbonyl (C=O) groups is 1. The topological polar surface area (TPSA) is 41.6 Å². The molecule has 2 aromatic carbocycles. The Kier molecular flexibility index (Phi) is 4.32. The summed E-state index contributed by atoms with van der Waals surface area (Å²) in [5, 5.41) is 3.02. The molecule has 2 aliphatic rings. The van der Waals surface area contributed by atoms with Crippen LogP contribution in [0.1, 0.15) is 12.0 Å². The molecule has 2 aromatic rings. The SMILES string of the molecule is O=C(Nc1ccccc1)C1CC2CN(Cc3ccccc3)CC1O2. The number of carbonyl (C=O) groups excluding carboxylic acids is 1. The predicted molar refractivity (Wildman–Crippen MR) is 93.6 cm³/mol. The maximum absolute atomic E-state index is 12.6. The Labute approximate surface area is 142 Å². The fourth-order valence-electron chi connectivity index (χ4n) is 3.74. The van der Waals surface area contributed by atoms with Crippen molar-refractivity contribution in [2.24, 2.45) is 5.92 Å². The lowest BCUT2D eigenvalue weighted by molar-refractivity contribution is -0.123. The smallest absolute Gasteiger partial charge is 0.230 e. The monoisotopic (exact) mass is 322 g/mol. The van der Waals surface area contributed by atoms with Crippen LogP contribution in [-0.4, -0.2) is 36.1 Å². The molecule has 1 N–H and O–H groups in total. The number of hydrogen-bond acceptors (Lipinski definition) is 3. The second-order valence-electron chi connectivity index (χ2n) is 6.67. The number of fused-ring (bicyclic) bond motifs is 2. The maximum Gasteiger partial charge on any atom is 0.230 e. The van der Waals surface area contributed by atoms with Gasteiger partial charge in [-0.3, -0.25) is 9.69 Å². The number of nitrogens with zero attached hydrogens (tertiary/aromatic N) is 1. The van der Waals surface area contributed by atoms with Crippen molar-refractivity contribution < 1.29 is 9.53 Å². The molecule has 2 heterocycles. The van der Waals surface area contributed by atoms with E-state index in [9.17, 15) is 4.79 Å². The third-order valence-corrected chi connectivity index (χ3v) is 4.86. The van der Waals surface area contributed by atoms with E-state index in [1.54, 1.807) is 0 Å². The number of hydrogen-bond donors (Lipinski definition) is 1. The van der Waals surface area contributed by atoms with Crippen LogP contribution in [0, 0.1) is 5.92 Å². The summed E-state index contributed by atoms with van der Waals surface area (Å²) in [6.07, 6.45) is 0.976. The first-order valence-electron chi connectivity index (χ1n) is 8.55. The Morgan fingerprint density at radius 1 is 1.04 bits per heavy atom. The second-order valence-corrected chi connectivity index (χ2v) is 6.67. The highest BCUT2D eigenvalue weighted by Gasteiger charge is 2.44. The van der Waals surface area contributed by atoms with Crippen LogP contribution in [0.25, 0.3) is 0 Å². The van der Waals surface area contributed by atoms with Crippen LogP contribution in [0.5, 0.6) is 0 Å². The van der Waals surface area contributed by atoms with E-state index in [1.807, 2.05) is 36.4 Å². The molecule has 124 valence electrons. The molecule has 0 saturated carbocycles. The molecule has 0 spiro atoms. The molecule has 2 aliphatic heterocycles. The van der Waals surface area contributed by atoms with Crippen LogP contribution >= 0.6 is 0 Å². The molecule has 4 nitrogen and oxygen atoms in total. The molecule has 2 bridgehead atoms. The maximum atomic E-state index is 12.6. The van der Waals surface area contributed by atoms with E-state index in [0.717, 1.165) is 31.7 Å². The highest BCUT2D eigenvalue weighted by molar-refractivity contribution is 5.93. The number of morpholine rings is 1. The lowest BCUT2D eigenvalue weighted by Gasteiger charge is -2.32. The van der Waals surface area contributed by atoms with Gasteiger partial charge in [-0.1, -0.05) is 48.5 Å². The van der Waals surface area contributed by atoms with Crippen LogP contribution in [-0.2, 0) is 16.1 Å². The van der Waals surface area contributed by atoms with Crippen LogP contribution in [0.15, 0.2) is 60.7 Å². The molecule has 24 heavy (non-hydrogen) atoms. The van der Waals surface area contributed by atoms with Crippen LogP contribution in [0.3, 0.4) is 0 Å². The zero-order chi connectivity index (χ0) is 16.4. The first-order valence-corrected chi connectivity index (χ1v) is 8.55. The number of nitrogens with one attached hydrogen (secondary N) is 1. The number of para-hydroxylation sites is 1. The summed E-state index contributed by atoms with van der Waals surface area (Å²) in [6, 6.07) is 20.1. The zero-order valence-corrected chi connectivity index (χ0v) is 13.6. The van der Waals surface area contributed by atoms with Crippen molar-refractivity contribution in [2.75, 3.05) is 18.4 Å². The Morgan fingerprint density at radius 3 is 2.50 bits per heavy atom. The molecule has 3 unspecified atom stereocenters. The van der Waals surface area contributed by atoms with Gasteiger partial charge in [-0.15, -0.1) is 0 Å². The van der Waals surface area contributed by atoms with Gasteiger partial charge in [0, 0.05) is 25.3 Å². The average molecular weight is 322 g/mol. The van der Waals surface area contributed by atoms with Crippen LogP contribution < -0.4 is 5.32 Å². The van der Waals surface area contributed by atoms with E-state index in [2.05, 4.69) is 34.5 Å². The highest BCUT2D eigenvalue weighted by Crippen LogP contribution is 2.33. The average Bonchev–Trinajstić information content (AvgIpc) is 2.91.